The molecule has 4 nitrogen and oxygen atoms in total. The van der Waals surface area contributed by atoms with E-state index in [1.807, 2.05) is 36.4 Å². The summed E-state index contributed by atoms with van der Waals surface area (Å²) in [5, 5.41) is 14.1. The molecule has 7 rings (SSSR count). The summed E-state index contributed by atoms with van der Waals surface area (Å²) in [6, 6.07) is 10.6. The van der Waals surface area contributed by atoms with Crippen molar-refractivity contribution in [3.8, 4) is 0 Å². The fourth-order valence-electron chi connectivity index (χ4n) is 9.42. The van der Waals surface area contributed by atoms with Crippen molar-refractivity contribution in [2.45, 2.75) is 63.5 Å². The maximum Gasteiger partial charge on any atom is 0.251 e. The van der Waals surface area contributed by atoms with Gasteiger partial charge in [-0.3, -0.25) is 9.69 Å². The summed E-state index contributed by atoms with van der Waals surface area (Å²) in [5.41, 5.74) is 1.32. The molecule has 7 unspecified atom stereocenters. The van der Waals surface area contributed by atoms with Crippen LogP contribution in [-0.2, 0) is 0 Å². The topological polar surface area (TPSA) is 52.6 Å². The van der Waals surface area contributed by atoms with Crippen LogP contribution >= 0.6 is 0 Å². The summed E-state index contributed by atoms with van der Waals surface area (Å²) < 4.78 is 0. The Kier molecular flexibility index (Phi) is 4.44. The minimum atomic E-state index is 0.0772. The number of carbonyl (C=O) groups excluding carboxylic acids is 1. The summed E-state index contributed by atoms with van der Waals surface area (Å²) in [6.07, 6.45) is 16.6. The zero-order valence-corrected chi connectivity index (χ0v) is 19.5. The van der Waals surface area contributed by atoms with Crippen LogP contribution in [0, 0.1) is 34.5 Å². The second-order valence-electron chi connectivity index (χ2n) is 11.9. The number of piperidine rings is 1. The van der Waals surface area contributed by atoms with Crippen molar-refractivity contribution >= 4 is 5.91 Å². The molecule has 4 heteroatoms. The number of amides is 1. The average molecular weight is 445 g/mol. The first kappa shape index (κ1) is 20.3. The fourth-order valence-corrected chi connectivity index (χ4v) is 9.42. The number of nitrogens with one attached hydrogen (secondary N) is 1. The van der Waals surface area contributed by atoms with Crippen LogP contribution in [0.1, 0.15) is 61.7 Å². The Balaban J connectivity index is 1.26. The van der Waals surface area contributed by atoms with E-state index < -0.39 is 0 Å². The second kappa shape index (κ2) is 7.21. The number of nitrogens with zero attached hydrogens (tertiary/aromatic N) is 1. The largest absolute Gasteiger partial charge is 0.508 e. The van der Waals surface area contributed by atoms with Gasteiger partial charge in [0.1, 0.15) is 5.76 Å². The van der Waals surface area contributed by atoms with E-state index in [1.165, 1.54) is 58.0 Å². The van der Waals surface area contributed by atoms with Gasteiger partial charge in [0.2, 0.25) is 0 Å². The van der Waals surface area contributed by atoms with Gasteiger partial charge in [0.15, 0.2) is 0 Å². The quantitative estimate of drug-likeness (QED) is 0.680. The highest BCUT2D eigenvalue weighted by Gasteiger charge is 2.73. The summed E-state index contributed by atoms with van der Waals surface area (Å²) in [4.78, 5) is 16.0. The first-order valence-electron chi connectivity index (χ1n) is 13.3. The number of aliphatic hydroxyl groups is 1. The molecule has 174 valence electrons. The van der Waals surface area contributed by atoms with Crippen molar-refractivity contribution in [1.29, 1.82) is 0 Å². The molecule has 0 radical (unpaired) electrons. The first-order valence-corrected chi connectivity index (χ1v) is 13.3. The van der Waals surface area contributed by atoms with Crippen molar-refractivity contribution in [3.63, 3.8) is 0 Å². The lowest BCUT2D eigenvalue weighted by Gasteiger charge is -2.70. The number of fused-ring (bicyclic) bond motifs is 1. The van der Waals surface area contributed by atoms with Gasteiger partial charge in [-0.25, -0.2) is 0 Å². The molecule has 1 aliphatic heterocycles. The van der Waals surface area contributed by atoms with Crippen LogP contribution in [-0.4, -0.2) is 41.1 Å². The predicted molar refractivity (Wildman–Crippen MR) is 129 cm³/mol. The van der Waals surface area contributed by atoms with Gasteiger partial charge in [0.25, 0.3) is 5.91 Å². The van der Waals surface area contributed by atoms with Crippen molar-refractivity contribution in [3.05, 3.63) is 59.9 Å². The standard InChI is InChI=1S/C29H36N2O2/c32-22-9-8-21-16-26-28-12-10-23(25(11-13-28)30-27(33)20-4-2-1-3-5-20)29(28,24(21)17-22)14-15-31(26)18-19-6-7-19/h1-5,8-9,17,19,21,23-26,32H,6-7,10-16,18H2,(H,30,33). The minimum Gasteiger partial charge on any atom is -0.508 e. The molecular weight excluding hydrogens is 408 g/mol. The molecule has 2 N–H and O–H groups in total. The molecule has 1 amide bonds. The molecule has 7 atom stereocenters. The first-order chi connectivity index (χ1) is 16.1. The minimum absolute atomic E-state index is 0.0772. The molecule has 1 aromatic rings. The van der Waals surface area contributed by atoms with Gasteiger partial charge in [-0.1, -0.05) is 24.3 Å². The highest BCUT2D eigenvalue weighted by molar-refractivity contribution is 5.94. The van der Waals surface area contributed by atoms with Crippen molar-refractivity contribution < 1.29 is 9.90 Å². The van der Waals surface area contributed by atoms with Crippen molar-refractivity contribution in [2.75, 3.05) is 13.1 Å². The zero-order chi connectivity index (χ0) is 22.2. The molecule has 1 saturated heterocycles. The maximum absolute atomic E-state index is 13.1. The van der Waals surface area contributed by atoms with Crippen LogP contribution in [0.4, 0.5) is 0 Å². The lowest BCUT2D eigenvalue weighted by Crippen LogP contribution is -2.71. The SMILES string of the molecule is O=C(NC1CCC23CCC1C21CCN(CC2CC2)C3CC2C=CC(O)=CC21)c1ccccc1. The van der Waals surface area contributed by atoms with Gasteiger partial charge < -0.3 is 10.4 Å². The van der Waals surface area contributed by atoms with Crippen LogP contribution in [0.3, 0.4) is 0 Å². The number of benzene rings is 1. The highest BCUT2D eigenvalue weighted by Crippen LogP contribution is 2.76. The summed E-state index contributed by atoms with van der Waals surface area (Å²) in [7, 11) is 0. The normalized spacial score (nSPS) is 43.4. The third kappa shape index (κ3) is 2.82. The Morgan fingerprint density at radius 2 is 1.91 bits per heavy atom. The Hall–Kier alpha value is -2.07. The summed E-state index contributed by atoms with van der Waals surface area (Å²) >= 11 is 0. The average Bonchev–Trinajstić information content (AvgIpc) is 3.61. The number of rotatable bonds is 4. The van der Waals surface area contributed by atoms with E-state index in [2.05, 4.69) is 22.4 Å². The van der Waals surface area contributed by atoms with E-state index in [-0.39, 0.29) is 17.4 Å². The molecule has 33 heavy (non-hydrogen) atoms. The predicted octanol–water partition coefficient (Wildman–Crippen LogP) is 5.09. The molecule has 4 saturated carbocycles. The van der Waals surface area contributed by atoms with Crippen molar-refractivity contribution in [2.24, 2.45) is 34.5 Å². The van der Waals surface area contributed by atoms with E-state index in [0.29, 0.717) is 35.0 Å². The van der Waals surface area contributed by atoms with E-state index in [9.17, 15) is 9.90 Å². The van der Waals surface area contributed by atoms with Crippen LogP contribution in [0.2, 0.25) is 0 Å². The molecule has 1 heterocycles. The number of hydrogen-bond acceptors (Lipinski definition) is 3. The Bertz CT molecular complexity index is 1010. The van der Waals surface area contributed by atoms with E-state index in [0.717, 1.165) is 17.9 Å². The molecule has 0 spiro atoms. The smallest absolute Gasteiger partial charge is 0.251 e. The molecule has 4 bridgehead atoms. The molecular formula is C29H36N2O2. The number of carbonyl (C=O) groups is 1. The number of likely N-dealkylation sites (tertiary alicyclic amines) is 1. The van der Waals surface area contributed by atoms with Gasteiger partial charge in [-0.2, -0.15) is 0 Å². The summed E-state index contributed by atoms with van der Waals surface area (Å²) in [5.74, 6) is 2.89. The fraction of sp³-hybridized carbons (Fsp3) is 0.621. The molecule has 6 aliphatic rings. The molecule has 1 aromatic carbocycles. The van der Waals surface area contributed by atoms with Gasteiger partial charge in [0, 0.05) is 24.2 Å². The third-order valence-corrected chi connectivity index (χ3v) is 10.7. The van der Waals surface area contributed by atoms with Crippen LogP contribution in [0.5, 0.6) is 0 Å². The Morgan fingerprint density at radius 3 is 2.73 bits per heavy atom. The second-order valence-corrected chi connectivity index (χ2v) is 11.9. The third-order valence-electron chi connectivity index (χ3n) is 10.7. The molecule has 5 fully saturated rings. The zero-order valence-electron chi connectivity index (χ0n) is 19.5. The Morgan fingerprint density at radius 1 is 1.09 bits per heavy atom. The number of aliphatic hydroxyl groups excluding tert-OH is 1. The van der Waals surface area contributed by atoms with Crippen LogP contribution in [0.15, 0.2) is 54.3 Å². The van der Waals surface area contributed by atoms with E-state index >= 15 is 0 Å². The van der Waals surface area contributed by atoms with Gasteiger partial charge in [0.05, 0.1) is 0 Å². The van der Waals surface area contributed by atoms with Crippen molar-refractivity contribution in [1.82, 2.24) is 10.2 Å². The lowest BCUT2D eigenvalue weighted by atomic mass is 9.39. The van der Waals surface area contributed by atoms with Crippen LogP contribution < -0.4 is 5.32 Å². The highest BCUT2D eigenvalue weighted by atomic mass is 16.3. The molecule has 0 aromatic heterocycles. The van der Waals surface area contributed by atoms with Crippen LogP contribution in [0.25, 0.3) is 0 Å². The van der Waals surface area contributed by atoms with Gasteiger partial charge in [-0.05, 0) is 117 Å². The lowest BCUT2D eigenvalue weighted by molar-refractivity contribution is -0.193. The van der Waals surface area contributed by atoms with Gasteiger partial charge >= 0.3 is 0 Å². The maximum atomic E-state index is 13.1. The van der Waals surface area contributed by atoms with Gasteiger partial charge in [-0.15, -0.1) is 0 Å². The molecule has 5 aliphatic carbocycles. The Labute approximate surface area is 197 Å². The summed E-state index contributed by atoms with van der Waals surface area (Å²) in [6.45, 7) is 2.49. The number of hydrogen-bond donors (Lipinski definition) is 2. The number of allylic oxidation sites excluding steroid dienone is 3. The van der Waals surface area contributed by atoms with E-state index in [1.54, 1.807) is 0 Å². The van der Waals surface area contributed by atoms with E-state index in [4.69, 9.17) is 0 Å². The monoisotopic (exact) mass is 444 g/mol.